The van der Waals surface area contributed by atoms with Gasteiger partial charge in [0.15, 0.2) is 0 Å². The Bertz CT molecular complexity index is 589. The van der Waals surface area contributed by atoms with Gasteiger partial charge in [-0.25, -0.2) is 9.59 Å². The highest BCUT2D eigenvalue weighted by Crippen LogP contribution is 2.29. The maximum Gasteiger partial charge on any atom is 0.339 e. The Morgan fingerprint density at radius 2 is 2.17 bits per heavy atom. The molecule has 0 amide bonds. The number of ether oxygens (including phenoxy) is 1. The molecular weight excluding hydrogens is 242 g/mol. The van der Waals surface area contributed by atoms with Crippen LogP contribution in [0.5, 0.6) is 0 Å². The van der Waals surface area contributed by atoms with Crippen molar-refractivity contribution in [1.29, 1.82) is 0 Å². The van der Waals surface area contributed by atoms with E-state index in [0.717, 1.165) is 6.08 Å². The number of nitro benzene ring substituents is 1. The second kappa shape index (κ2) is 4.28. The van der Waals surface area contributed by atoms with Crippen molar-refractivity contribution in [1.82, 2.24) is 0 Å². The Labute approximate surface area is 100 Å². The normalized spacial score (nSPS) is 16.0. The third-order valence-corrected chi connectivity index (χ3v) is 2.44. The number of non-ortho nitro benzene ring substituents is 1. The summed E-state index contributed by atoms with van der Waals surface area (Å²) in [4.78, 5) is 32.1. The highest BCUT2D eigenvalue weighted by Gasteiger charge is 2.25. The van der Waals surface area contributed by atoms with Gasteiger partial charge >= 0.3 is 11.9 Å². The third kappa shape index (κ3) is 2.05. The third-order valence-electron chi connectivity index (χ3n) is 2.44. The topological polar surface area (TPSA) is 107 Å². The fourth-order valence-electron chi connectivity index (χ4n) is 1.66. The second-order valence-corrected chi connectivity index (χ2v) is 3.57. The largest absolute Gasteiger partial charge is 0.478 e. The average Bonchev–Trinajstić information content (AvgIpc) is 2.32. The maximum absolute atomic E-state index is 11.4. The molecule has 2 rings (SSSR count). The standard InChI is InChI=1S/C11H7NO6/c13-10(14)3-6-5-18-11(15)8-2-1-7(12(16)17)4-9(6)8/h1-4H,5H2,(H,13,14). The van der Waals surface area contributed by atoms with E-state index < -0.39 is 16.9 Å². The van der Waals surface area contributed by atoms with E-state index >= 15 is 0 Å². The lowest BCUT2D eigenvalue weighted by atomic mass is 9.97. The van der Waals surface area contributed by atoms with Gasteiger partial charge < -0.3 is 9.84 Å². The predicted molar refractivity (Wildman–Crippen MR) is 59.0 cm³/mol. The quantitative estimate of drug-likeness (QED) is 0.365. The van der Waals surface area contributed by atoms with Crippen molar-refractivity contribution in [2.75, 3.05) is 6.61 Å². The van der Waals surface area contributed by atoms with Crippen LogP contribution in [-0.2, 0) is 9.53 Å². The van der Waals surface area contributed by atoms with Crippen LogP contribution in [0.3, 0.4) is 0 Å². The zero-order valence-electron chi connectivity index (χ0n) is 8.95. The zero-order chi connectivity index (χ0) is 13.3. The molecule has 1 aliphatic rings. The molecule has 0 saturated heterocycles. The van der Waals surface area contributed by atoms with Crippen LogP contribution in [0.4, 0.5) is 5.69 Å². The van der Waals surface area contributed by atoms with Crippen molar-refractivity contribution in [3.05, 3.63) is 45.5 Å². The van der Waals surface area contributed by atoms with Crippen molar-refractivity contribution in [3.63, 3.8) is 0 Å². The summed E-state index contributed by atoms with van der Waals surface area (Å²) in [5.74, 6) is -1.83. The number of hydrogen-bond donors (Lipinski definition) is 1. The summed E-state index contributed by atoms with van der Waals surface area (Å²) < 4.78 is 4.78. The van der Waals surface area contributed by atoms with Crippen molar-refractivity contribution in [2.45, 2.75) is 0 Å². The van der Waals surface area contributed by atoms with E-state index in [2.05, 4.69) is 0 Å². The number of carbonyl (C=O) groups excluding carboxylic acids is 1. The minimum Gasteiger partial charge on any atom is -0.478 e. The van der Waals surface area contributed by atoms with Crippen LogP contribution in [-0.4, -0.2) is 28.6 Å². The fraction of sp³-hybridized carbons (Fsp3) is 0.0909. The van der Waals surface area contributed by atoms with Crippen LogP contribution in [0.25, 0.3) is 5.57 Å². The second-order valence-electron chi connectivity index (χ2n) is 3.57. The Kier molecular flexibility index (Phi) is 2.80. The minimum absolute atomic E-state index is 0.124. The monoisotopic (exact) mass is 249 g/mol. The number of rotatable bonds is 2. The van der Waals surface area contributed by atoms with Gasteiger partial charge in [0.25, 0.3) is 5.69 Å². The molecule has 7 heteroatoms. The number of fused-ring (bicyclic) bond motifs is 1. The van der Waals surface area contributed by atoms with Gasteiger partial charge in [0.1, 0.15) is 6.61 Å². The average molecular weight is 249 g/mol. The van der Waals surface area contributed by atoms with E-state index in [4.69, 9.17) is 9.84 Å². The lowest BCUT2D eigenvalue weighted by molar-refractivity contribution is -0.384. The molecular formula is C11H7NO6. The van der Waals surface area contributed by atoms with Crippen molar-refractivity contribution >= 4 is 23.2 Å². The molecule has 92 valence electrons. The van der Waals surface area contributed by atoms with Crippen LogP contribution in [0.2, 0.25) is 0 Å². The summed E-state index contributed by atoms with van der Waals surface area (Å²) in [6.07, 6.45) is 0.870. The lowest BCUT2D eigenvalue weighted by Crippen LogP contribution is -2.17. The molecule has 0 spiro atoms. The highest BCUT2D eigenvalue weighted by molar-refractivity contribution is 6.02. The smallest absolute Gasteiger partial charge is 0.339 e. The van der Waals surface area contributed by atoms with E-state index in [1.807, 2.05) is 0 Å². The lowest BCUT2D eigenvalue weighted by Gasteiger charge is -2.17. The van der Waals surface area contributed by atoms with Crippen molar-refractivity contribution in [3.8, 4) is 0 Å². The minimum atomic E-state index is -1.21. The number of hydrogen-bond acceptors (Lipinski definition) is 5. The van der Waals surface area contributed by atoms with Crippen LogP contribution < -0.4 is 0 Å². The Morgan fingerprint density at radius 3 is 2.78 bits per heavy atom. The number of carboxylic acids is 1. The molecule has 1 aromatic rings. The number of aliphatic carboxylic acids is 1. The Hall–Kier alpha value is -2.70. The van der Waals surface area contributed by atoms with E-state index in [1.54, 1.807) is 0 Å². The number of nitro groups is 1. The molecule has 0 aromatic heterocycles. The Morgan fingerprint density at radius 1 is 1.44 bits per heavy atom. The first-order valence-corrected chi connectivity index (χ1v) is 4.88. The predicted octanol–water partition coefficient (Wildman–Crippen LogP) is 1.23. The SMILES string of the molecule is O=C(O)C=C1COC(=O)c2ccc([N+](=O)[O-])cc21. The summed E-state index contributed by atoms with van der Waals surface area (Å²) >= 11 is 0. The summed E-state index contributed by atoms with van der Waals surface area (Å²) in [6, 6.07) is 3.60. The highest BCUT2D eigenvalue weighted by atomic mass is 16.6. The van der Waals surface area contributed by atoms with Gasteiger partial charge in [-0.3, -0.25) is 10.1 Å². The van der Waals surface area contributed by atoms with E-state index in [1.165, 1.54) is 18.2 Å². The molecule has 0 atom stereocenters. The molecule has 0 unspecified atom stereocenters. The molecule has 0 bridgehead atoms. The number of benzene rings is 1. The van der Waals surface area contributed by atoms with E-state index in [0.29, 0.717) is 0 Å². The van der Waals surface area contributed by atoms with Crippen LogP contribution in [0, 0.1) is 10.1 Å². The molecule has 18 heavy (non-hydrogen) atoms. The molecule has 1 aromatic carbocycles. The van der Waals surface area contributed by atoms with Crippen LogP contribution in [0.15, 0.2) is 24.3 Å². The van der Waals surface area contributed by atoms with Gasteiger partial charge in [0.2, 0.25) is 0 Å². The number of esters is 1. The molecule has 0 aliphatic carbocycles. The van der Waals surface area contributed by atoms with Gasteiger partial charge in [-0.15, -0.1) is 0 Å². The first-order valence-electron chi connectivity index (χ1n) is 4.88. The molecule has 0 radical (unpaired) electrons. The number of nitrogens with zero attached hydrogens (tertiary/aromatic N) is 1. The van der Waals surface area contributed by atoms with Gasteiger partial charge in [-0.1, -0.05) is 0 Å². The summed E-state index contributed by atoms with van der Waals surface area (Å²) in [7, 11) is 0. The van der Waals surface area contributed by atoms with E-state index in [9.17, 15) is 19.7 Å². The molecule has 1 heterocycles. The number of cyclic esters (lactones) is 1. The molecule has 7 nitrogen and oxygen atoms in total. The maximum atomic E-state index is 11.4. The van der Waals surface area contributed by atoms with Crippen molar-refractivity contribution in [2.24, 2.45) is 0 Å². The zero-order valence-corrected chi connectivity index (χ0v) is 8.95. The number of carboxylic acid groups (broad SMARTS) is 1. The molecule has 0 fully saturated rings. The first kappa shape index (κ1) is 11.8. The Balaban J connectivity index is 2.60. The van der Waals surface area contributed by atoms with Crippen molar-refractivity contribution < 1.29 is 24.4 Å². The van der Waals surface area contributed by atoms with Gasteiger partial charge in [0, 0.05) is 29.3 Å². The van der Waals surface area contributed by atoms with Crippen LogP contribution in [0.1, 0.15) is 15.9 Å². The molecule has 1 N–H and O–H groups in total. The first-order chi connectivity index (χ1) is 8.49. The molecule has 0 saturated carbocycles. The summed E-state index contributed by atoms with van der Waals surface area (Å²) in [6.45, 7) is -0.209. The molecule has 1 aliphatic heterocycles. The summed E-state index contributed by atoms with van der Waals surface area (Å²) in [5, 5.41) is 19.3. The van der Waals surface area contributed by atoms with Crippen LogP contribution >= 0.6 is 0 Å². The fourth-order valence-corrected chi connectivity index (χ4v) is 1.66. The van der Waals surface area contributed by atoms with Gasteiger partial charge in [-0.2, -0.15) is 0 Å². The van der Waals surface area contributed by atoms with E-state index in [-0.39, 0.29) is 29.0 Å². The summed E-state index contributed by atoms with van der Waals surface area (Å²) in [5.41, 5.74) is 0.364. The number of carbonyl (C=O) groups is 2. The van der Waals surface area contributed by atoms with Gasteiger partial charge in [0.05, 0.1) is 10.5 Å². The van der Waals surface area contributed by atoms with Gasteiger partial charge in [-0.05, 0) is 6.07 Å².